The Morgan fingerprint density at radius 2 is 2.22 bits per heavy atom. The van der Waals surface area contributed by atoms with E-state index >= 15 is 0 Å². The third-order valence-corrected chi connectivity index (χ3v) is 5.46. The van der Waals surface area contributed by atoms with Crippen LogP contribution in [0.5, 0.6) is 0 Å². The second kappa shape index (κ2) is 7.06. The molecule has 0 spiro atoms. The molecule has 0 unspecified atom stereocenters. The summed E-state index contributed by atoms with van der Waals surface area (Å²) in [5, 5.41) is 4.75. The molecular weight excluding hydrogens is 330 g/mol. The maximum atomic E-state index is 12.1. The van der Waals surface area contributed by atoms with Crippen molar-refractivity contribution in [1.29, 1.82) is 0 Å². The van der Waals surface area contributed by atoms with Crippen molar-refractivity contribution >= 4 is 33.7 Å². The number of nitrogens with one attached hydrogen (secondary N) is 1. The number of aromatic nitrogens is 2. The predicted molar refractivity (Wildman–Crippen MR) is 92.8 cm³/mol. The minimum Gasteiger partial charge on any atom is -0.350 e. The fraction of sp³-hybridized carbons (Fsp3) is 0.250. The Balaban J connectivity index is 1.55. The summed E-state index contributed by atoms with van der Waals surface area (Å²) in [6.45, 7) is 2.48. The van der Waals surface area contributed by atoms with Crippen molar-refractivity contribution in [3.8, 4) is 0 Å². The topological polar surface area (TPSA) is 63.5 Å². The Morgan fingerprint density at radius 1 is 1.35 bits per heavy atom. The molecule has 3 heterocycles. The zero-order valence-electron chi connectivity index (χ0n) is 12.7. The molecule has 0 aliphatic carbocycles. The molecule has 23 heavy (non-hydrogen) atoms. The van der Waals surface area contributed by atoms with Crippen LogP contribution in [0.3, 0.4) is 0 Å². The number of aryl methyl sites for hydroxylation is 1. The first-order chi connectivity index (χ1) is 11.1. The lowest BCUT2D eigenvalue weighted by Crippen LogP contribution is -2.27. The molecule has 0 bridgehead atoms. The molecule has 0 saturated heterocycles. The van der Waals surface area contributed by atoms with Gasteiger partial charge in [0.2, 0.25) is 5.91 Å². The monoisotopic (exact) mass is 347 g/mol. The molecule has 5 nitrogen and oxygen atoms in total. The summed E-state index contributed by atoms with van der Waals surface area (Å²) in [5.74, 6) is 0.0860. The van der Waals surface area contributed by atoms with E-state index in [0.717, 1.165) is 21.9 Å². The van der Waals surface area contributed by atoms with Gasteiger partial charge in [0.05, 0.1) is 18.0 Å². The van der Waals surface area contributed by atoms with Crippen LogP contribution in [0.25, 0.3) is 5.65 Å². The van der Waals surface area contributed by atoms with Gasteiger partial charge in [0.15, 0.2) is 0 Å². The van der Waals surface area contributed by atoms with Crippen LogP contribution in [0.4, 0.5) is 0 Å². The highest BCUT2D eigenvalue weighted by atomic mass is 32.2. The van der Waals surface area contributed by atoms with Crippen molar-refractivity contribution in [3.63, 3.8) is 0 Å². The van der Waals surface area contributed by atoms with Gasteiger partial charge in [-0.1, -0.05) is 12.1 Å². The molecule has 3 aromatic heterocycles. The van der Waals surface area contributed by atoms with Crippen molar-refractivity contribution in [2.45, 2.75) is 19.2 Å². The van der Waals surface area contributed by atoms with E-state index in [9.17, 15) is 9.00 Å². The second-order valence-corrected chi connectivity index (χ2v) is 7.70. The molecule has 0 aromatic carbocycles. The van der Waals surface area contributed by atoms with Crippen LogP contribution >= 0.6 is 11.3 Å². The van der Waals surface area contributed by atoms with E-state index in [1.165, 1.54) is 0 Å². The number of hydrogen-bond acceptors (Lipinski definition) is 4. The lowest BCUT2D eigenvalue weighted by atomic mass is 10.4. The van der Waals surface area contributed by atoms with Crippen molar-refractivity contribution in [1.82, 2.24) is 14.7 Å². The summed E-state index contributed by atoms with van der Waals surface area (Å²) in [7, 11) is -1.27. The SMILES string of the molecule is Cc1cccc2nc(C[S@@](=O)CC(=O)NCc3cccs3)cn12. The molecule has 0 aliphatic rings. The van der Waals surface area contributed by atoms with E-state index in [4.69, 9.17) is 0 Å². The Morgan fingerprint density at radius 3 is 2.96 bits per heavy atom. The fourth-order valence-electron chi connectivity index (χ4n) is 2.28. The zero-order valence-corrected chi connectivity index (χ0v) is 14.3. The fourth-order valence-corrected chi connectivity index (χ4v) is 3.89. The van der Waals surface area contributed by atoms with Gasteiger partial charge >= 0.3 is 0 Å². The first-order valence-electron chi connectivity index (χ1n) is 7.19. The maximum absolute atomic E-state index is 12.1. The Kier molecular flexibility index (Phi) is 4.88. The van der Waals surface area contributed by atoms with Gasteiger partial charge in [-0.3, -0.25) is 9.00 Å². The number of imidazole rings is 1. The first kappa shape index (κ1) is 15.9. The van der Waals surface area contributed by atoms with Crippen molar-refractivity contribution in [3.05, 3.63) is 58.2 Å². The Hall–Kier alpha value is -1.99. The summed E-state index contributed by atoms with van der Waals surface area (Å²) >= 11 is 1.59. The van der Waals surface area contributed by atoms with Gasteiger partial charge in [-0.25, -0.2) is 4.98 Å². The van der Waals surface area contributed by atoms with E-state index in [0.29, 0.717) is 6.54 Å². The minimum absolute atomic E-state index is 0.00176. The molecule has 120 valence electrons. The number of amides is 1. The summed E-state index contributed by atoms with van der Waals surface area (Å²) in [6, 6.07) is 9.74. The zero-order chi connectivity index (χ0) is 16.2. The van der Waals surface area contributed by atoms with E-state index in [2.05, 4.69) is 10.3 Å². The summed E-state index contributed by atoms with van der Waals surface area (Å²) in [6.07, 6.45) is 1.88. The average molecular weight is 347 g/mol. The second-order valence-electron chi connectivity index (χ2n) is 5.21. The number of thiophene rings is 1. The highest BCUT2D eigenvalue weighted by molar-refractivity contribution is 7.84. The number of hydrogen-bond donors (Lipinski definition) is 1. The van der Waals surface area contributed by atoms with Crippen molar-refractivity contribution in [2.75, 3.05) is 5.75 Å². The standard InChI is InChI=1S/C16H17N3O2S2/c1-12-4-2-6-15-18-13(9-19(12)15)10-23(21)11-16(20)17-8-14-5-3-7-22-14/h2-7,9H,8,10-11H2,1H3,(H,17,20)/t23-/m1/s1. The smallest absolute Gasteiger partial charge is 0.232 e. The highest BCUT2D eigenvalue weighted by Crippen LogP contribution is 2.10. The summed E-state index contributed by atoms with van der Waals surface area (Å²) < 4.78 is 14.1. The molecule has 1 atom stereocenters. The maximum Gasteiger partial charge on any atom is 0.232 e. The number of nitrogens with zero attached hydrogens (tertiary/aromatic N) is 2. The van der Waals surface area contributed by atoms with Crippen LogP contribution in [0.15, 0.2) is 41.9 Å². The van der Waals surface area contributed by atoms with Gasteiger partial charge in [-0.2, -0.15) is 0 Å². The lowest BCUT2D eigenvalue weighted by Gasteiger charge is -2.03. The van der Waals surface area contributed by atoms with Crippen LogP contribution in [0, 0.1) is 6.92 Å². The Bertz CT molecular complexity index is 840. The molecule has 0 aliphatic heterocycles. The number of rotatable bonds is 6. The highest BCUT2D eigenvalue weighted by Gasteiger charge is 2.11. The summed E-state index contributed by atoms with van der Waals surface area (Å²) in [4.78, 5) is 17.4. The van der Waals surface area contributed by atoms with Crippen molar-refractivity contribution in [2.24, 2.45) is 0 Å². The number of carbonyl (C=O) groups excluding carboxylic acids is 1. The third kappa shape index (κ3) is 4.05. The van der Waals surface area contributed by atoms with Crippen molar-refractivity contribution < 1.29 is 9.00 Å². The Labute approximate surface area is 140 Å². The van der Waals surface area contributed by atoms with Crippen LogP contribution in [-0.4, -0.2) is 25.3 Å². The minimum atomic E-state index is -1.27. The molecule has 0 radical (unpaired) electrons. The van der Waals surface area contributed by atoms with Gasteiger partial charge in [-0.15, -0.1) is 11.3 Å². The van der Waals surface area contributed by atoms with Crippen LogP contribution in [0.1, 0.15) is 16.3 Å². The van der Waals surface area contributed by atoms with Gasteiger partial charge < -0.3 is 9.72 Å². The molecule has 7 heteroatoms. The molecule has 1 amide bonds. The quantitative estimate of drug-likeness (QED) is 0.744. The van der Waals surface area contributed by atoms with Gasteiger partial charge in [-0.05, 0) is 30.5 Å². The average Bonchev–Trinajstić information content (AvgIpc) is 3.14. The largest absolute Gasteiger partial charge is 0.350 e. The molecule has 0 fully saturated rings. The first-order valence-corrected chi connectivity index (χ1v) is 9.56. The molecule has 0 saturated carbocycles. The molecule has 3 aromatic rings. The van der Waals surface area contributed by atoms with Crippen LogP contribution in [0.2, 0.25) is 0 Å². The van der Waals surface area contributed by atoms with Crippen LogP contribution < -0.4 is 5.32 Å². The number of fused-ring (bicyclic) bond motifs is 1. The van der Waals surface area contributed by atoms with E-state index in [1.807, 2.05) is 53.2 Å². The van der Waals surface area contributed by atoms with Gasteiger partial charge in [0, 0.05) is 27.6 Å². The van der Waals surface area contributed by atoms with E-state index in [-0.39, 0.29) is 17.4 Å². The van der Waals surface area contributed by atoms with E-state index < -0.39 is 10.8 Å². The number of pyridine rings is 1. The normalized spacial score (nSPS) is 12.4. The molecule has 3 rings (SSSR count). The number of carbonyl (C=O) groups is 1. The molecular formula is C16H17N3O2S2. The predicted octanol–water partition coefficient (Wildman–Crippen LogP) is 2.27. The lowest BCUT2D eigenvalue weighted by molar-refractivity contribution is -0.118. The summed E-state index contributed by atoms with van der Waals surface area (Å²) in [5.41, 5.74) is 2.64. The van der Waals surface area contributed by atoms with Gasteiger partial charge in [0.1, 0.15) is 11.4 Å². The third-order valence-electron chi connectivity index (χ3n) is 3.39. The van der Waals surface area contributed by atoms with E-state index in [1.54, 1.807) is 11.3 Å². The van der Waals surface area contributed by atoms with Gasteiger partial charge in [0.25, 0.3) is 0 Å². The van der Waals surface area contributed by atoms with Crippen LogP contribution in [-0.2, 0) is 27.9 Å². The molecule has 1 N–H and O–H groups in total.